The second kappa shape index (κ2) is 7.33. The lowest BCUT2D eigenvalue weighted by Crippen LogP contribution is -2.44. The van der Waals surface area contributed by atoms with Gasteiger partial charge in [0, 0.05) is 18.7 Å². The molecule has 2 N–H and O–H groups in total. The van der Waals surface area contributed by atoms with Gasteiger partial charge in [-0.2, -0.15) is 0 Å². The number of nitrogens with zero attached hydrogens (tertiary/aromatic N) is 2. The number of nitrogens with one attached hydrogen (secondary N) is 1. The lowest BCUT2D eigenvalue weighted by molar-refractivity contribution is -0.139. The molecular weight excluding hydrogens is 326 g/mol. The van der Waals surface area contributed by atoms with Crippen molar-refractivity contribution in [2.75, 3.05) is 7.11 Å². The largest absolute Gasteiger partial charge is 0.481 e. The number of carbonyl (C=O) groups excluding carboxylic acids is 1. The molecule has 0 aliphatic rings. The molecular formula is C17H21N3O5. The third-order valence-electron chi connectivity index (χ3n) is 3.26. The summed E-state index contributed by atoms with van der Waals surface area (Å²) >= 11 is 0. The SMILES string of the molecule is COc1ccc2nccc(CC(NC(=O)OC(C)(C)C)C(=O)O)c2n1. The number of ether oxygens (including phenoxy) is 2. The summed E-state index contributed by atoms with van der Waals surface area (Å²) in [6.45, 7) is 5.11. The average Bonchev–Trinajstić information content (AvgIpc) is 2.52. The van der Waals surface area contributed by atoms with Gasteiger partial charge in [0.05, 0.1) is 18.1 Å². The van der Waals surface area contributed by atoms with Gasteiger partial charge in [0.1, 0.15) is 11.6 Å². The highest BCUT2D eigenvalue weighted by atomic mass is 16.6. The van der Waals surface area contributed by atoms with E-state index in [2.05, 4.69) is 15.3 Å². The summed E-state index contributed by atoms with van der Waals surface area (Å²) in [5.74, 6) is -0.771. The first-order valence-electron chi connectivity index (χ1n) is 7.70. The number of carbonyl (C=O) groups is 2. The minimum Gasteiger partial charge on any atom is -0.481 e. The highest BCUT2D eigenvalue weighted by Crippen LogP contribution is 2.19. The zero-order valence-electron chi connectivity index (χ0n) is 14.6. The number of hydrogen-bond acceptors (Lipinski definition) is 6. The Bertz CT molecular complexity index is 785. The fourth-order valence-corrected chi connectivity index (χ4v) is 2.21. The van der Waals surface area contributed by atoms with Gasteiger partial charge < -0.3 is 19.9 Å². The lowest BCUT2D eigenvalue weighted by Gasteiger charge is -2.22. The Morgan fingerprint density at radius 3 is 2.60 bits per heavy atom. The molecule has 1 atom stereocenters. The minimum absolute atomic E-state index is 0.0355. The number of carboxylic acids is 1. The molecule has 0 fully saturated rings. The van der Waals surface area contributed by atoms with E-state index in [1.807, 2.05) is 0 Å². The van der Waals surface area contributed by atoms with Crippen LogP contribution in [0.4, 0.5) is 4.79 Å². The van der Waals surface area contributed by atoms with Crippen LogP contribution < -0.4 is 10.1 Å². The van der Waals surface area contributed by atoms with E-state index in [1.54, 1.807) is 45.2 Å². The van der Waals surface area contributed by atoms with Gasteiger partial charge in [0.15, 0.2) is 0 Å². The maximum Gasteiger partial charge on any atom is 0.408 e. The van der Waals surface area contributed by atoms with Gasteiger partial charge in [0.25, 0.3) is 0 Å². The van der Waals surface area contributed by atoms with Crippen LogP contribution in [0.2, 0.25) is 0 Å². The van der Waals surface area contributed by atoms with E-state index in [1.165, 1.54) is 7.11 Å². The Kier molecular flexibility index (Phi) is 5.41. The van der Waals surface area contributed by atoms with Crippen LogP contribution in [0, 0.1) is 0 Å². The van der Waals surface area contributed by atoms with Crippen LogP contribution in [0.15, 0.2) is 24.4 Å². The fourth-order valence-electron chi connectivity index (χ4n) is 2.21. The molecule has 0 bridgehead atoms. The molecule has 0 saturated carbocycles. The third-order valence-corrected chi connectivity index (χ3v) is 3.26. The molecule has 8 nitrogen and oxygen atoms in total. The molecule has 134 valence electrons. The van der Waals surface area contributed by atoms with Gasteiger partial charge in [0.2, 0.25) is 5.88 Å². The van der Waals surface area contributed by atoms with E-state index in [0.717, 1.165) is 0 Å². The third kappa shape index (κ3) is 5.03. The highest BCUT2D eigenvalue weighted by Gasteiger charge is 2.25. The summed E-state index contributed by atoms with van der Waals surface area (Å²) in [7, 11) is 1.49. The summed E-state index contributed by atoms with van der Waals surface area (Å²) < 4.78 is 10.2. The molecule has 0 aliphatic heterocycles. The van der Waals surface area contributed by atoms with Crippen molar-refractivity contribution in [1.29, 1.82) is 0 Å². The molecule has 0 saturated heterocycles. The molecule has 1 unspecified atom stereocenters. The van der Waals surface area contributed by atoms with Gasteiger partial charge in [-0.3, -0.25) is 4.98 Å². The summed E-state index contributed by atoms with van der Waals surface area (Å²) in [5.41, 5.74) is 1.05. The molecule has 0 spiro atoms. The van der Waals surface area contributed by atoms with Crippen LogP contribution in [0.1, 0.15) is 26.3 Å². The minimum atomic E-state index is -1.17. The predicted molar refractivity (Wildman–Crippen MR) is 90.6 cm³/mol. The molecule has 0 aromatic carbocycles. The van der Waals surface area contributed by atoms with E-state index < -0.39 is 23.7 Å². The van der Waals surface area contributed by atoms with Gasteiger partial charge in [-0.25, -0.2) is 14.6 Å². The van der Waals surface area contributed by atoms with Crippen molar-refractivity contribution in [2.45, 2.75) is 38.8 Å². The molecule has 2 rings (SSSR count). The molecule has 2 heterocycles. The number of alkyl carbamates (subject to hydrolysis) is 1. The number of methoxy groups -OCH3 is 1. The van der Waals surface area contributed by atoms with Crippen molar-refractivity contribution in [3.05, 3.63) is 30.0 Å². The Balaban J connectivity index is 2.26. The zero-order chi connectivity index (χ0) is 18.6. The number of carboxylic acid groups (broad SMARTS) is 1. The van der Waals surface area contributed by atoms with Crippen molar-refractivity contribution < 1.29 is 24.2 Å². The highest BCUT2D eigenvalue weighted by molar-refractivity contribution is 5.83. The van der Waals surface area contributed by atoms with E-state index in [-0.39, 0.29) is 6.42 Å². The van der Waals surface area contributed by atoms with Gasteiger partial charge in [-0.15, -0.1) is 0 Å². The van der Waals surface area contributed by atoms with Crippen LogP contribution in [-0.4, -0.2) is 45.9 Å². The van der Waals surface area contributed by atoms with E-state index >= 15 is 0 Å². The fraction of sp³-hybridized carbons (Fsp3) is 0.412. The Morgan fingerprint density at radius 2 is 2.00 bits per heavy atom. The van der Waals surface area contributed by atoms with Crippen LogP contribution in [0.25, 0.3) is 11.0 Å². The Hall–Kier alpha value is -2.90. The summed E-state index contributed by atoms with van der Waals surface area (Å²) in [6.07, 6.45) is 0.815. The van der Waals surface area contributed by atoms with E-state index in [4.69, 9.17) is 9.47 Å². The molecule has 0 radical (unpaired) electrons. The first-order chi connectivity index (χ1) is 11.7. The maximum atomic E-state index is 11.9. The van der Waals surface area contributed by atoms with Gasteiger partial charge in [-0.05, 0) is 38.5 Å². The predicted octanol–water partition coefficient (Wildman–Crippen LogP) is 2.16. The first-order valence-corrected chi connectivity index (χ1v) is 7.70. The summed E-state index contributed by atoms with van der Waals surface area (Å²) in [6, 6.07) is 3.92. The van der Waals surface area contributed by atoms with Crippen LogP contribution in [-0.2, 0) is 16.0 Å². The first kappa shape index (κ1) is 18.4. The smallest absolute Gasteiger partial charge is 0.408 e. The molecule has 25 heavy (non-hydrogen) atoms. The number of amides is 1. The normalized spacial score (nSPS) is 12.5. The van der Waals surface area contributed by atoms with Gasteiger partial charge >= 0.3 is 12.1 Å². The zero-order valence-corrected chi connectivity index (χ0v) is 14.6. The van der Waals surface area contributed by atoms with Crippen molar-refractivity contribution in [3.63, 3.8) is 0 Å². The molecule has 1 amide bonds. The summed E-state index contributed by atoms with van der Waals surface area (Å²) in [4.78, 5) is 31.9. The molecule has 0 aliphatic carbocycles. The second-order valence-electron chi connectivity index (χ2n) is 6.43. The van der Waals surface area contributed by atoms with Crippen molar-refractivity contribution >= 4 is 23.1 Å². The molecule has 2 aromatic rings. The monoisotopic (exact) mass is 347 g/mol. The number of pyridine rings is 2. The Labute approximate surface area is 145 Å². The molecule has 2 aromatic heterocycles. The number of rotatable bonds is 5. The Morgan fingerprint density at radius 1 is 1.28 bits per heavy atom. The maximum absolute atomic E-state index is 11.9. The number of fused-ring (bicyclic) bond motifs is 1. The van der Waals surface area contributed by atoms with Crippen LogP contribution in [0.5, 0.6) is 5.88 Å². The second-order valence-corrected chi connectivity index (χ2v) is 6.43. The van der Waals surface area contributed by atoms with E-state index in [9.17, 15) is 14.7 Å². The topological polar surface area (TPSA) is 111 Å². The van der Waals surface area contributed by atoms with Crippen molar-refractivity contribution in [3.8, 4) is 5.88 Å². The average molecular weight is 347 g/mol. The van der Waals surface area contributed by atoms with Gasteiger partial charge in [-0.1, -0.05) is 0 Å². The quantitative estimate of drug-likeness (QED) is 0.852. The van der Waals surface area contributed by atoms with Crippen molar-refractivity contribution in [1.82, 2.24) is 15.3 Å². The number of aromatic nitrogens is 2. The number of aliphatic carboxylic acids is 1. The number of hydrogen-bond donors (Lipinski definition) is 2. The van der Waals surface area contributed by atoms with Crippen LogP contribution >= 0.6 is 0 Å². The standard InChI is InChI=1S/C17H21N3O5/c1-17(2,3)25-16(23)19-12(15(21)22)9-10-7-8-18-11-5-6-13(24-4)20-14(10)11/h5-8,12H,9H2,1-4H3,(H,19,23)(H,21,22). The van der Waals surface area contributed by atoms with Crippen molar-refractivity contribution in [2.24, 2.45) is 0 Å². The van der Waals surface area contributed by atoms with Crippen LogP contribution in [0.3, 0.4) is 0 Å². The van der Waals surface area contributed by atoms with E-state index in [0.29, 0.717) is 22.5 Å². The molecule has 8 heteroatoms. The lowest BCUT2D eigenvalue weighted by atomic mass is 10.1. The summed E-state index contributed by atoms with van der Waals surface area (Å²) in [5, 5.41) is 11.8.